The molecule has 1 N–H and O–H groups in total. The van der Waals surface area contributed by atoms with Gasteiger partial charge in [-0.15, -0.1) is 0 Å². The Bertz CT molecular complexity index is 1010. The summed E-state index contributed by atoms with van der Waals surface area (Å²) in [5.41, 5.74) is 1.30. The number of aryl methyl sites for hydroxylation is 1. The molecule has 7 heteroatoms. The quantitative estimate of drug-likeness (QED) is 0.476. The van der Waals surface area contributed by atoms with Crippen molar-refractivity contribution >= 4 is 22.9 Å². The minimum absolute atomic E-state index is 0.0237. The van der Waals surface area contributed by atoms with Crippen LogP contribution >= 0.6 is 0 Å². The van der Waals surface area contributed by atoms with Gasteiger partial charge in [-0.3, -0.25) is 9.59 Å². The van der Waals surface area contributed by atoms with Gasteiger partial charge in [0.25, 0.3) is 5.91 Å². The van der Waals surface area contributed by atoms with Gasteiger partial charge in [0, 0.05) is 24.7 Å². The number of amides is 2. The van der Waals surface area contributed by atoms with E-state index in [9.17, 15) is 9.59 Å². The highest BCUT2D eigenvalue weighted by Gasteiger charge is 2.48. The van der Waals surface area contributed by atoms with Crippen LogP contribution < -0.4 is 5.32 Å². The van der Waals surface area contributed by atoms with E-state index in [1.807, 2.05) is 35.4 Å². The molecule has 4 rings (SSSR count). The van der Waals surface area contributed by atoms with Crippen molar-refractivity contribution in [1.82, 2.24) is 19.7 Å². The smallest absolute Gasteiger partial charge is 0.271 e. The van der Waals surface area contributed by atoms with Crippen LogP contribution in [0.5, 0.6) is 0 Å². The Morgan fingerprint density at radius 2 is 1.80 bits per heavy atom. The largest absolute Gasteiger partial charge is 0.460 e. The number of hydrogen-bond acceptors (Lipinski definition) is 4. The van der Waals surface area contributed by atoms with Crippen LogP contribution in [-0.4, -0.2) is 63.9 Å². The molecule has 0 saturated heterocycles. The van der Waals surface area contributed by atoms with Crippen molar-refractivity contribution in [3.05, 3.63) is 23.6 Å². The summed E-state index contributed by atoms with van der Waals surface area (Å²) in [6, 6.07) is 4.02. The van der Waals surface area contributed by atoms with Gasteiger partial charge in [0.1, 0.15) is 17.0 Å². The molecular formula is C28H44N4O3. The van der Waals surface area contributed by atoms with E-state index in [1.54, 1.807) is 0 Å². The highest BCUT2D eigenvalue weighted by Crippen LogP contribution is 2.34. The molecule has 1 saturated carbocycles. The van der Waals surface area contributed by atoms with Crippen LogP contribution in [0.15, 0.2) is 16.5 Å². The predicted octanol–water partition coefficient (Wildman–Crippen LogP) is 5.11. The average molecular weight is 485 g/mol. The number of nitrogens with zero attached hydrogens (tertiary/aromatic N) is 3. The minimum atomic E-state index is -0.937. The van der Waals surface area contributed by atoms with E-state index < -0.39 is 5.54 Å². The summed E-state index contributed by atoms with van der Waals surface area (Å²) >= 11 is 0. The molecule has 3 heterocycles. The molecular weight excluding hydrogens is 440 g/mol. The van der Waals surface area contributed by atoms with Crippen molar-refractivity contribution in [2.45, 2.75) is 104 Å². The molecule has 1 atom stereocenters. The van der Waals surface area contributed by atoms with Gasteiger partial charge < -0.3 is 24.1 Å². The number of carbonyl (C=O) groups is 2. The minimum Gasteiger partial charge on any atom is -0.460 e. The van der Waals surface area contributed by atoms with Crippen LogP contribution in [0.2, 0.25) is 0 Å². The standard InChI is InChI=1S/C28H44N4O3/c1-5-14-30(15-6-2)16-11-17-32-26(33)24-19-25-23(18-21(3)35-25)31(24)20-28(32,4)27(34)29-22-12-9-7-8-10-13-22/h18-19,22H,5-17,20H2,1-4H3,(H,29,34)/t28-/m0/s1. The molecule has 35 heavy (non-hydrogen) atoms. The second-order valence-electron chi connectivity index (χ2n) is 10.8. The van der Waals surface area contributed by atoms with E-state index in [2.05, 4.69) is 24.1 Å². The second-order valence-corrected chi connectivity index (χ2v) is 10.8. The molecule has 1 fully saturated rings. The molecule has 1 aliphatic carbocycles. The molecule has 0 aromatic carbocycles. The first-order valence-electron chi connectivity index (χ1n) is 13.8. The van der Waals surface area contributed by atoms with E-state index >= 15 is 0 Å². The van der Waals surface area contributed by atoms with Crippen molar-refractivity contribution < 1.29 is 14.0 Å². The van der Waals surface area contributed by atoms with Gasteiger partial charge in [0.2, 0.25) is 5.91 Å². The maximum Gasteiger partial charge on any atom is 0.271 e. The van der Waals surface area contributed by atoms with Crippen molar-refractivity contribution in [3.8, 4) is 0 Å². The van der Waals surface area contributed by atoms with E-state index in [1.165, 1.54) is 12.8 Å². The molecule has 1 aliphatic heterocycles. The van der Waals surface area contributed by atoms with Crippen molar-refractivity contribution in [1.29, 1.82) is 0 Å². The molecule has 0 unspecified atom stereocenters. The molecule has 2 aromatic heterocycles. The lowest BCUT2D eigenvalue weighted by Crippen LogP contribution is -2.65. The fraction of sp³-hybridized carbons (Fsp3) is 0.714. The van der Waals surface area contributed by atoms with Gasteiger partial charge in [0.15, 0.2) is 5.58 Å². The fourth-order valence-corrected chi connectivity index (χ4v) is 6.00. The second kappa shape index (κ2) is 11.2. The monoisotopic (exact) mass is 484 g/mol. The number of rotatable bonds is 10. The summed E-state index contributed by atoms with van der Waals surface area (Å²) in [5, 5.41) is 3.36. The average Bonchev–Trinajstić information content (AvgIpc) is 3.21. The van der Waals surface area contributed by atoms with E-state index in [0.717, 1.165) is 81.4 Å². The van der Waals surface area contributed by atoms with Gasteiger partial charge in [-0.2, -0.15) is 0 Å². The number of aromatic nitrogens is 1. The topological polar surface area (TPSA) is 70.7 Å². The Kier molecular flexibility index (Phi) is 8.25. The molecule has 2 amide bonds. The van der Waals surface area contributed by atoms with E-state index in [-0.39, 0.29) is 17.9 Å². The first-order valence-corrected chi connectivity index (χ1v) is 13.8. The van der Waals surface area contributed by atoms with E-state index in [4.69, 9.17) is 4.42 Å². The van der Waals surface area contributed by atoms with Gasteiger partial charge in [0.05, 0.1) is 12.1 Å². The van der Waals surface area contributed by atoms with E-state index in [0.29, 0.717) is 18.8 Å². The molecule has 194 valence electrons. The third-order valence-corrected chi connectivity index (χ3v) is 7.85. The number of hydrogen-bond donors (Lipinski definition) is 1. The van der Waals surface area contributed by atoms with Crippen LogP contribution in [0.4, 0.5) is 0 Å². The van der Waals surface area contributed by atoms with Crippen molar-refractivity contribution in [3.63, 3.8) is 0 Å². The Morgan fingerprint density at radius 3 is 2.46 bits per heavy atom. The Hall–Kier alpha value is -2.28. The highest BCUT2D eigenvalue weighted by molar-refractivity contribution is 6.03. The number of furan rings is 1. The maximum atomic E-state index is 13.9. The molecule has 0 bridgehead atoms. The Balaban J connectivity index is 1.59. The van der Waals surface area contributed by atoms with Gasteiger partial charge >= 0.3 is 0 Å². The molecule has 2 aliphatic rings. The zero-order chi connectivity index (χ0) is 25.0. The normalized spacial score (nSPS) is 21.5. The maximum absolute atomic E-state index is 13.9. The van der Waals surface area contributed by atoms with Crippen LogP contribution in [0.3, 0.4) is 0 Å². The lowest BCUT2D eigenvalue weighted by atomic mass is 9.93. The zero-order valence-corrected chi connectivity index (χ0v) is 22.2. The summed E-state index contributed by atoms with van der Waals surface area (Å²) in [6.07, 6.45) is 9.95. The first kappa shape index (κ1) is 25.8. The van der Waals surface area contributed by atoms with Crippen molar-refractivity contribution in [2.75, 3.05) is 26.2 Å². The van der Waals surface area contributed by atoms with Crippen LogP contribution in [0, 0.1) is 6.92 Å². The van der Waals surface area contributed by atoms with Crippen LogP contribution in [0.25, 0.3) is 11.1 Å². The number of nitrogens with one attached hydrogen (secondary N) is 1. The summed E-state index contributed by atoms with van der Waals surface area (Å²) in [7, 11) is 0. The molecule has 0 radical (unpaired) electrons. The van der Waals surface area contributed by atoms with Crippen LogP contribution in [-0.2, 0) is 11.3 Å². The Labute approximate surface area is 210 Å². The summed E-state index contributed by atoms with van der Waals surface area (Å²) in [6.45, 7) is 12.4. The first-order chi connectivity index (χ1) is 16.9. The molecule has 2 aromatic rings. The summed E-state index contributed by atoms with van der Waals surface area (Å²) in [4.78, 5) is 32.0. The third-order valence-electron chi connectivity index (χ3n) is 7.85. The third kappa shape index (κ3) is 5.45. The van der Waals surface area contributed by atoms with Gasteiger partial charge in [-0.25, -0.2) is 0 Å². The van der Waals surface area contributed by atoms with Crippen LogP contribution in [0.1, 0.15) is 94.8 Å². The van der Waals surface area contributed by atoms with Gasteiger partial charge in [-0.05, 0) is 65.6 Å². The summed E-state index contributed by atoms with van der Waals surface area (Å²) < 4.78 is 7.83. The molecule has 0 spiro atoms. The number of fused-ring (bicyclic) bond motifs is 3. The van der Waals surface area contributed by atoms with Crippen molar-refractivity contribution in [2.24, 2.45) is 0 Å². The SMILES string of the molecule is CCCN(CCC)CCCN1C(=O)c2cc3oc(C)cc3n2C[C@@]1(C)C(=O)NC1CCCCCC1. The molecule has 7 nitrogen and oxygen atoms in total. The lowest BCUT2D eigenvalue weighted by molar-refractivity contribution is -0.133. The number of carbonyl (C=O) groups excluding carboxylic acids is 2. The lowest BCUT2D eigenvalue weighted by Gasteiger charge is -2.44. The van der Waals surface area contributed by atoms with Gasteiger partial charge in [-0.1, -0.05) is 39.5 Å². The zero-order valence-electron chi connectivity index (χ0n) is 22.2. The highest BCUT2D eigenvalue weighted by atomic mass is 16.3. The predicted molar refractivity (Wildman–Crippen MR) is 140 cm³/mol. The fourth-order valence-electron chi connectivity index (χ4n) is 6.00. The Morgan fingerprint density at radius 1 is 1.11 bits per heavy atom. The summed E-state index contributed by atoms with van der Waals surface area (Å²) in [5.74, 6) is 0.720.